The third-order valence-electron chi connectivity index (χ3n) is 3.06. The highest BCUT2D eigenvalue weighted by Gasteiger charge is 2.21. The Labute approximate surface area is 131 Å². The summed E-state index contributed by atoms with van der Waals surface area (Å²) in [6.45, 7) is 6.99. The number of thiazole rings is 1. The van der Waals surface area contributed by atoms with E-state index in [1.54, 1.807) is 17.4 Å². The van der Waals surface area contributed by atoms with Crippen LogP contribution < -0.4 is 5.32 Å². The standard InChI is InChI=1S/C15H18BrFN2S/c1-4-18-14(11-7-10(16)5-6-12(11)17)15-19-13(8-20-15)9(2)3/h5-9,14,18H,4H2,1-3H3. The average Bonchev–Trinajstić information content (AvgIpc) is 2.89. The zero-order valence-electron chi connectivity index (χ0n) is 11.8. The molecule has 0 fully saturated rings. The predicted octanol–water partition coefficient (Wildman–Crippen LogP) is 4.87. The number of nitrogens with zero attached hydrogens (tertiary/aromatic N) is 1. The number of nitrogens with one attached hydrogen (secondary N) is 1. The van der Waals surface area contributed by atoms with E-state index < -0.39 is 0 Å². The van der Waals surface area contributed by atoms with Crippen LogP contribution in [0.3, 0.4) is 0 Å². The van der Waals surface area contributed by atoms with Crippen LogP contribution in [0.5, 0.6) is 0 Å². The Morgan fingerprint density at radius 2 is 2.15 bits per heavy atom. The van der Waals surface area contributed by atoms with Gasteiger partial charge in [0.1, 0.15) is 10.8 Å². The second-order valence-corrected chi connectivity index (χ2v) is 6.73. The first-order valence-corrected chi connectivity index (χ1v) is 8.33. The second-order valence-electron chi connectivity index (χ2n) is 4.92. The summed E-state index contributed by atoms with van der Waals surface area (Å²) in [6, 6.07) is 4.82. The molecule has 108 valence electrons. The fraction of sp³-hybridized carbons (Fsp3) is 0.400. The van der Waals surface area contributed by atoms with Crippen molar-refractivity contribution in [2.45, 2.75) is 32.7 Å². The summed E-state index contributed by atoms with van der Waals surface area (Å²) >= 11 is 4.98. The molecule has 1 unspecified atom stereocenters. The third kappa shape index (κ3) is 3.45. The van der Waals surface area contributed by atoms with Crippen LogP contribution in [0.25, 0.3) is 0 Å². The van der Waals surface area contributed by atoms with Gasteiger partial charge in [0.25, 0.3) is 0 Å². The molecule has 1 aromatic heterocycles. The Bertz CT molecular complexity index is 583. The minimum Gasteiger partial charge on any atom is -0.304 e. The van der Waals surface area contributed by atoms with Gasteiger partial charge in [0.05, 0.1) is 11.7 Å². The van der Waals surface area contributed by atoms with Crippen LogP contribution in [0.4, 0.5) is 4.39 Å². The minimum absolute atomic E-state index is 0.199. The number of aromatic nitrogens is 1. The molecule has 0 radical (unpaired) electrons. The Balaban J connectivity index is 2.41. The SMILES string of the molecule is CCNC(c1nc(C(C)C)cs1)c1cc(Br)ccc1F. The van der Waals surface area contributed by atoms with Gasteiger partial charge in [0, 0.05) is 15.4 Å². The third-order valence-corrected chi connectivity index (χ3v) is 4.48. The first kappa shape index (κ1) is 15.6. The van der Waals surface area contributed by atoms with E-state index >= 15 is 0 Å². The van der Waals surface area contributed by atoms with Crippen molar-refractivity contribution in [1.29, 1.82) is 0 Å². The monoisotopic (exact) mass is 356 g/mol. The molecule has 0 aliphatic heterocycles. The maximum atomic E-state index is 14.1. The molecule has 0 aliphatic rings. The maximum absolute atomic E-state index is 14.1. The lowest BCUT2D eigenvalue weighted by molar-refractivity contribution is 0.556. The Hall–Kier alpha value is -0.780. The number of benzene rings is 1. The van der Waals surface area contributed by atoms with Crippen molar-refractivity contribution in [2.24, 2.45) is 0 Å². The number of halogens is 2. The van der Waals surface area contributed by atoms with E-state index in [9.17, 15) is 4.39 Å². The van der Waals surface area contributed by atoms with Gasteiger partial charge in [-0.25, -0.2) is 9.37 Å². The molecule has 1 atom stereocenters. The molecule has 2 rings (SSSR count). The van der Waals surface area contributed by atoms with Crippen LogP contribution in [-0.4, -0.2) is 11.5 Å². The summed E-state index contributed by atoms with van der Waals surface area (Å²) in [5, 5.41) is 6.29. The number of hydrogen-bond acceptors (Lipinski definition) is 3. The molecule has 0 saturated heterocycles. The first-order chi connectivity index (χ1) is 9.52. The largest absolute Gasteiger partial charge is 0.304 e. The molecule has 1 heterocycles. The summed E-state index contributed by atoms with van der Waals surface area (Å²) in [7, 11) is 0. The smallest absolute Gasteiger partial charge is 0.128 e. The van der Waals surface area contributed by atoms with Crippen LogP contribution in [0.1, 0.15) is 49.0 Å². The van der Waals surface area contributed by atoms with Crippen molar-refractivity contribution >= 4 is 27.3 Å². The van der Waals surface area contributed by atoms with Crippen molar-refractivity contribution in [1.82, 2.24) is 10.3 Å². The van der Waals surface area contributed by atoms with Crippen LogP contribution in [0.15, 0.2) is 28.1 Å². The maximum Gasteiger partial charge on any atom is 0.128 e. The lowest BCUT2D eigenvalue weighted by Crippen LogP contribution is -2.23. The van der Waals surface area contributed by atoms with E-state index in [2.05, 4.69) is 45.5 Å². The van der Waals surface area contributed by atoms with Gasteiger partial charge in [0.15, 0.2) is 0 Å². The van der Waals surface area contributed by atoms with Crippen molar-refractivity contribution in [3.63, 3.8) is 0 Å². The molecule has 0 aliphatic carbocycles. The van der Waals surface area contributed by atoms with Crippen molar-refractivity contribution < 1.29 is 4.39 Å². The minimum atomic E-state index is -0.208. The van der Waals surface area contributed by atoms with Gasteiger partial charge < -0.3 is 5.32 Å². The van der Waals surface area contributed by atoms with E-state index in [1.807, 2.05) is 13.0 Å². The van der Waals surface area contributed by atoms with E-state index in [4.69, 9.17) is 0 Å². The van der Waals surface area contributed by atoms with Crippen molar-refractivity contribution in [3.05, 3.63) is 50.1 Å². The lowest BCUT2D eigenvalue weighted by Gasteiger charge is -2.17. The molecular weight excluding hydrogens is 339 g/mol. The zero-order valence-corrected chi connectivity index (χ0v) is 14.2. The van der Waals surface area contributed by atoms with E-state index in [0.717, 1.165) is 21.7 Å². The molecule has 0 saturated carbocycles. The van der Waals surface area contributed by atoms with Gasteiger partial charge in [-0.2, -0.15) is 0 Å². The van der Waals surface area contributed by atoms with Crippen LogP contribution in [0, 0.1) is 5.82 Å². The molecular formula is C15H18BrFN2S. The Kier molecular flexibility index (Phi) is 5.29. The molecule has 5 heteroatoms. The summed E-state index contributed by atoms with van der Waals surface area (Å²) in [5.74, 6) is 0.176. The number of rotatable bonds is 5. The predicted molar refractivity (Wildman–Crippen MR) is 85.8 cm³/mol. The fourth-order valence-corrected chi connectivity index (χ4v) is 3.42. The average molecular weight is 357 g/mol. The molecule has 2 aromatic rings. The summed E-state index contributed by atoms with van der Waals surface area (Å²) in [6.07, 6.45) is 0. The highest BCUT2D eigenvalue weighted by Crippen LogP contribution is 2.30. The second kappa shape index (κ2) is 6.78. The lowest BCUT2D eigenvalue weighted by atomic mass is 10.1. The summed E-state index contributed by atoms with van der Waals surface area (Å²) < 4.78 is 15.0. The van der Waals surface area contributed by atoms with Gasteiger partial charge in [-0.05, 0) is 30.7 Å². The van der Waals surface area contributed by atoms with Gasteiger partial charge in [-0.1, -0.05) is 36.7 Å². The highest BCUT2D eigenvalue weighted by molar-refractivity contribution is 9.10. The van der Waals surface area contributed by atoms with E-state index in [0.29, 0.717) is 11.5 Å². The Morgan fingerprint density at radius 3 is 2.75 bits per heavy atom. The topological polar surface area (TPSA) is 24.9 Å². The zero-order chi connectivity index (χ0) is 14.7. The molecule has 2 nitrogen and oxygen atoms in total. The molecule has 1 aromatic carbocycles. The molecule has 0 bridgehead atoms. The van der Waals surface area contributed by atoms with Crippen molar-refractivity contribution in [2.75, 3.05) is 6.54 Å². The number of hydrogen-bond donors (Lipinski definition) is 1. The van der Waals surface area contributed by atoms with Gasteiger partial charge >= 0.3 is 0 Å². The molecule has 20 heavy (non-hydrogen) atoms. The molecule has 0 spiro atoms. The first-order valence-electron chi connectivity index (χ1n) is 6.66. The molecule has 1 N–H and O–H groups in total. The van der Waals surface area contributed by atoms with Crippen LogP contribution in [0.2, 0.25) is 0 Å². The summed E-state index contributed by atoms with van der Waals surface area (Å²) in [5.41, 5.74) is 1.69. The van der Waals surface area contributed by atoms with Gasteiger partial charge in [-0.3, -0.25) is 0 Å². The molecule has 0 amide bonds. The van der Waals surface area contributed by atoms with Crippen molar-refractivity contribution in [3.8, 4) is 0 Å². The van der Waals surface area contributed by atoms with Gasteiger partial charge in [-0.15, -0.1) is 11.3 Å². The van der Waals surface area contributed by atoms with Gasteiger partial charge in [0.2, 0.25) is 0 Å². The van der Waals surface area contributed by atoms with Crippen LogP contribution in [-0.2, 0) is 0 Å². The van der Waals surface area contributed by atoms with E-state index in [-0.39, 0.29) is 11.9 Å². The highest BCUT2D eigenvalue weighted by atomic mass is 79.9. The van der Waals surface area contributed by atoms with E-state index in [1.165, 1.54) is 6.07 Å². The van der Waals surface area contributed by atoms with Crippen LogP contribution >= 0.6 is 27.3 Å². The Morgan fingerprint density at radius 1 is 1.40 bits per heavy atom. The fourth-order valence-electron chi connectivity index (χ4n) is 1.97. The summed E-state index contributed by atoms with van der Waals surface area (Å²) in [4.78, 5) is 4.65. The normalized spacial score (nSPS) is 12.9. The quantitative estimate of drug-likeness (QED) is 0.826.